The van der Waals surface area contributed by atoms with Gasteiger partial charge in [0, 0.05) is 20.5 Å². The zero-order chi connectivity index (χ0) is 18.7. The van der Waals surface area contributed by atoms with E-state index in [4.69, 9.17) is 4.74 Å². The second kappa shape index (κ2) is 7.38. The molecule has 1 aromatic heterocycles. The Morgan fingerprint density at radius 3 is 2.32 bits per heavy atom. The zero-order valence-corrected chi connectivity index (χ0v) is 14.8. The minimum atomic E-state index is -0.790. The van der Waals surface area contributed by atoms with Crippen LogP contribution in [0.15, 0.2) is 27.8 Å². The molecule has 2 rings (SSSR count). The van der Waals surface area contributed by atoms with Crippen LogP contribution in [0.5, 0.6) is 11.6 Å². The van der Waals surface area contributed by atoms with Crippen molar-refractivity contribution in [2.24, 2.45) is 14.1 Å². The van der Waals surface area contributed by atoms with Crippen molar-refractivity contribution in [1.29, 1.82) is 0 Å². The van der Waals surface area contributed by atoms with E-state index >= 15 is 0 Å². The first kappa shape index (κ1) is 18.5. The number of nitrogens with zero attached hydrogens (tertiary/aromatic N) is 2. The number of rotatable bonds is 6. The topological polar surface area (TPSA) is 90.5 Å². The first-order chi connectivity index (χ1) is 11.8. The zero-order valence-electron chi connectivity index (χ0n) is 14.8. The molecular formula is C18H22N2O5. The van der Waals surface area contributed by atoms with Crippen LogP contribution in [0.3, 0.4) is 0 Å². The number of Topliss-reactive ketones (excluding diaryl/α,β-unsaturated/α-hetero) is 1. The van der Waals surface area contributed by atoms with Crippen molar-refractivity contribution in [3.05, 3.63) is 55.7 Å². The summed E-state index contributed by atoms with van der Waals surface area (Å²) in [6.45, 7) is 4.20. The van der Waals surface area contributed by atoms with Crippen molar-refractivity contribution in [1.82, 2.24) is 9.13 Å². The molecule has 1 N–H and O–H groups in total. The predicted octanol–water partition coefficient (Wildman–Crippen LogP) is 1.45. The fourth-order valence-corrected chi connectivity index (χ4v) is 2.64. The molecule has 1 heterocycles. The third kappa shape index (κ3) is 3.65. The summed E-state index contributed by atoms with van der Waals surface area (Å²) < 4.78 is 7.41. The Kier molecular flexibility index (Phi) is 5.46. The minimum Gasteiger partial charge on any atom is -0.494 e. The Labute approximate surface area is 145 Å². The molecule has 0 fully saturated rings. The maximum Gasteiger partial charge on any atom is 0.333 e. The summed E-state index contributed by atoms with van der Waals surface area (Å²) in [5.41, 5.74) is 0.183. The van der Waals surface area contributed by atoms with E-state index in [0.29, 0.717) is 13.0 Å². The van der Waals surface area contributed by atoms with Gasteiger partial charge in [-0.2, -0.15) is 0 Å². The number of aryl methyl sites for hydroxylation is 2. The average Bonchev–Trinajstić information content (AvgIpc) is 2.57. The molecule has 0 aliphatic heterocycles. The SMILES string of the molecule is Cc1cccc(C)c1OCCCC(=O)c1c(O)n(C)c(=O)n(C)c1=O. The highest BCUT2D eigenvalue weighted by atomic mass is 16.5. The second-order valence-corrected chi connectivity index (χ2v) is 6.00. The summed E-state index contributed by atoms with van der Waals surface area (Å²) in [6.07, 6.45) is 0.421. The smallest absolute Gasteiger partial charge is 0.333 e. The van der Waals surface area contributed by atoms with Crippen LogP contribution in [0.25, 0.3) is 0 Å². The van der Waals surface area contributed by atoms with E-state index in [-0.39, 0.29) is 12.0 Å². The molecule has 0 saturated carbocycles. The fraction of sp³-hybridized carbons (Fsp3) is 0.389. The summed E-state index contributed by atoms with van der Waals surface area (Å²) in [4.78, 5) is 36.1. The van der Waals surface area contributed by atoms with Crippen LogP contribution in [0.2, 0.25) is 0 Å². The van der Waals surface area contributed by atoms with Crippen LogP contribution >= 0.6 is 0 Å². The fourth-order valence-electron chi connectivity index (χ4n) is 2.64. The van der Waals surface area contributed by atoms with Crippen LogP contribution in [-0.2, 0) is 14.1 Å². The monoisotopic (exact) mass is 346 g/mol. The number of carbonyl (C=O) groups excluding carboxylic acids is 1. The van der Waals surface area contributed by atoms with Gasteiger partial charge in [-0.1, -0.05) is 18.2 Å². The van der Waals surface area contributed by atoms with Crippen LogP contribution < -0.4 is 16.0 Å². The maximum atomic E-state index is 12.3. The van der Waals surface area contributed by atoms with E-state index in [1.165, 1.54) is 14.1 Å². The molecule has 0 bridgehead atoms. The van der Waals surface area contributed by atoms with Crippen LogP contribution in [0.4, 0.5) is 0 Å². The summed E-state index contributed by atoms with van der Waals surface area (Å²) >= 11 is 0. The number of hydrogen-bond acceptors (Lipinski definition) is 5. The van der Waals surface area contributed by atoms with E-state index in [2.05, 4.69) is 0 Å². The third-order valence-electron chi connectivity index (χ3n) is 4.12. The standard InChI is InChI=1S/C18H22N2O5/c1-11-7-5-8-12(2)15(11)25-10-6-9-13(21)14-16(22)19(3)18(24)20(4)17(14)23/h5,7-8,22H,6,9-10H2,1-4H3. The van der Waals surface area contributed by atoms with Crippen molar-refractivity contribution in [2.75, 3.05) is 6.61 Å². The van der Waals surface area contributed by atoms with E-state index in [9.17, 15) is 19.5 Å². The van der Waals surface area contributed by atoms with E-state index in [0.717, 1.165) is 26.0 Å². The van der Waals surface area contributed by atoms with E-state index < -0.39 is 22.9 Å². The van der Waals surface area contributed by atoms with E-state index in [1.54, 1.807) is 0 Å². The lowest BCUT2D eigenvalue weighted by molar-refractivity contribution is 0.0966. The number of hydrogen-bond donors (Lipinski definition) is 1. The molecule has 0 radical (unpaired) electrons. The molecule has 1 aromatic carbocycles. The summed E-state index contributed by atoms with van der Waals surface area (Å²) in [5, 5.41) is 9.96. The maximum absolute atomic E-state index is 12.3. The molecular weight excluding hydrogens is 324 g/mol. The number of aromatic hydroxyl groups is 1. The average molecular weight is 346 g/mol. The highest BCUT2D eigenvalue weighted by Crippen LogP contribution is 2.22. The number of para-hydroxylation sites is 1. The molecule has 7 nitrogen and oxygen atoms in total. The highest BCUT2D eigenvalue weighted by molar-refractivity contribution is 5.97. The molecule has 0 saturated heterocycles. The number of carbonyl (C=O) groups is 1. The summed E-state index contributed by atoms with van der Waals surface area (Å²) in [6, 6.07) is 5.83. The first-order valence-corrected chi connectivity index (χ1v) is 7.97. The van der Waals surface area contributed by atoms with Gasteiger partial charge in [-0.15, -0.1) is 0 Å². The van der Waals surface area contributed by atoms with Crippen molar-refractivity contribution in [3.8, 4) is 11.6 Å². The lowest BCUT2D eigenvalue weighted by atomic mass is 10.1. The largest absolute Gasteiger partial charge is 0.494 e. The van der Waals surface area contributed by atoms with Crippen LogP contribution in [0, 0.1) is 13.8 Å². The first-order valence-electron chi connectivity index (χ1n) is 7.97. The number of ketones is 1. The normalized spacial score (nSPS) is 10.7. The van der Waals surface area contributed by atoms with Gasteiger partial charge in [0.05, 0.1) is 6.61 Å². The van der Waals surface area contributed by atoms with Crippen molar-refractivity contribution in [2.45, 2.75) is 26.7 Å². The Morgan fingerprint density at radius 1 is 1.12 bits per heavy atom. The second-order valence-electron chi connectivity index (χ2n) is 6.00. The van der Waals surface area contributed by atoms with Gasteiger partial charge in [-0.25, -0.2) is 4.79 Å². The van der Waals surface area contributed by atoms with Gasteiger partial charge in [0.25, 0.3) is 5.56 Å². The molecule has 25 heavy (non-hydrogen) atoms. The van der Waals surface area contributed by atoms with Gasteiger partial charge in [-0.3, -0.25) is 18.7 Å². The molecule has 0 spiro atoms. The minimum absolute atomic E-state index is 0.0337. The van der Waals surface area contributed by atoms with Crippen molar-refractivity contribution < 1.29 is 14.6 Å². The number of aromatic nitrogens is 2. The lowest BCUT2D eigenvalue weighted by Crippen LogP contribution is -2.40. The molecule has 7 heteroatoms. The Balaban J connectivity index is 2.07. The van der Waals surface area contributed by atoms with E-state index in [1.807, 2.05) is 32.0 Å². The van der Waals surface area contributed by atoms with Gasteiger partial charge < -0.3 is 9.84 Å². The molecule has 0 atom stereocenters. The van der Waals surface area contributed by atoms with Gasteiger partial charge in [0.2, 0.25) is 5.88 Å². The number of ether oxygens (including phenoxy) is 1. The molecule has 0 aliphatic rings. The quantitative estimate of drug-likeness (QED) is 0.631. The summed E-state index contributed by atoms with van der Waals surface area (Å²) in [5.74, 6) is -0.330. The van der Waals surface area contributed by atoms with Gasteiger partial charge >= 0.3 is 5.69 Å². The molecule has 2 aromatic rings. The predicted molar refractivity (Wildman–Crippen MR) is 93.6 cm³/mol. The Morgan fingerprint density at radius 2 is 1.72 bits per heavy atom. The van der Waals surface area contributed by atoms with Crippen LogP contribution in [-0.4, -0.2) is 26.6 Å². The van der Waals surface area contributed by atoms with Crippen molar-refractivity contribution >= 4 is 5.78 Å². The van der Waals surface area contributed by atoms with Gasteiger partial charge in [0.1, 0.15) is 11.3 Å². The molecule has 0 amide bonds. The lowest BCUT2D eigenvalue weighted by Gasteiger charge is -2.12. The third-order valence-corrected chi connectivity index (χ3v) is 4.12. The molecule has 0 aliphatic carbocycles. The van der Waals surface area contributed by atoms with Gasteiger partial charge in [0.15, 0.2) is 5.78 Å². The Hall–Kier alpha value is -2.83. The molecule has 0 unspecified atom stereocenters. The Bertz CT molecular complexity index is 904. The van der Waals surface area contributed by atoms with Crippen LogP contribution in [0.1, 0.15) is 34.3 Å². The summed E-state index contributed by atoms with van der Waals surface area (Å²) in [7, 11) is 2.57. The molecule has 134 valence electrons. The van der Waals surface area contributed by atoms with Crippen molar-refractivity contribution in [3.63, 3.8) is 0 Å². The number of benzene rings is 1. The highest BCUT2D eigenvalue weighted by Gasteiger charge is 2.21. The van der Waals surface area contributed by atoms with Gasteiger partial charge in [-0.05, 0) is 31.4 Å².